The van der Waals surface area contributed by atoms with Gasteiger partial charge in [0.05, 0.1) is 8.81 Å². The van der Waals surface area contributed by atoms with E-state index in [4.69, 9.17) is 11.6 Å². The molecule has 0 radical (unpaired) electrons. The SMILES string of the molecule is OC(c1cc(Br)cc(Br)c1)c1cc(Cl)c(Br)s1. The van der Waals surface area contributed by atoms with E-state index in [0.29, 0.717) is 5.02 Å². The van der Waals surface area contributed by atoms with Crippen LogP contribution in [0.5, 0.6) is 0 Å². The molecule has 1 nitrogen and oxygen atoms in total. The van der Waals surface area contributed by atoms with Crippen LogP contribution >= 0.6 is 70.7 Å². The van der Waals surface area contributed by atoms with E-state index >= 15 is 0 Å². The van der Waals surface area contributed by atoms with E-state index < -0.39 is 6.10 Å². The lowest BCUT2D eigenvalue weighted by molar-refractivity contribution is 0.224. The van der Waals surface area contributed by atoms with E-state index in [9.17, 15) is 5.11 Å². The lowest BCUT2D eigenvalue weighted by atomic mass is 10.1. The number of aliphatic hydroxyl groups excluding tert-OH is 1. The molecule has 2 aromatic rings. The highest BCUT2D eigenvalue weighted by atomic mass is 79.9. The minimum absolute atomic E-state index is 0.623. The van der Waals surface area contributed by atoms with Crippen molar-refractivity contribution in [3.8, 4) is 0 Å². The van der Waals surface area contributed by atoms with E-state index in [0.717, 1.165) is 23.2 Å². The van der Waals surface area contributed by atoms with Crippen molar-refractivity contribution in [1.82, 2.24) is 0 Å². The van der Waals surface area contributed by atoms with Gasteiger partial charge < -0.3 is 5.11 Å². The maximum atomic E-state index is 10.3. The highest BCUT2D eigenvalue weighted by Gasteiger charge is 2.16. The molecule has 1 aromatic carbocycles. The molecule has 1 aromatic heterocycles. The number of halogens is 4. The highest BCUT2D eigenvalue weighted by Crippen LogP contribution is 2.38. The summed E-state index contributed by atoms with van der Waals surface area (Å²) in [5.41, 5.74) is 0.816. The van der Waals surface area contributed by atoms with Crippen LogP contribution in [-0.2, 0) is 0 Å². The summed E-state index contributed by atoms with van der Waals surface area (Å²) < 4.78 is 2.67. The van der Waals surface area contributed by atoms with Crippen LogP contribution in [0.2, 0.25) is 5.02 Å². The van der Waals surface area contributed by atoms with Gasteiger partial charge >= 0.3 is 0 Å². The molecule has 0 amide bonds. The van der Waals surface area contributed by atoms with Crippen LogP contribution in [0.3, 0.4) is 0 Å². The van der Waals surface area contributed by atoms with Gasteiger partial charge in [0.2, 0.25) is 0 Å². The zero-order chi connectivity index (χ0) is 12.6. The van der Waals surface area contributed by atoms with Crippen molar-refractivity contribution >= 4 is 70.7 Å². The number of thiophene rings is 1. The molecule has 2 rings (SSSR count). The molecular formula is C11H6Br3ClOS. The first-order valence-electron chi connectivity index (χ1n) is 4.56. The summed E-state index contributed by atoms with van der Waals surface area (Å²) in [4.78, 5) is 0.812. The Morgan fingerprint density at radius 2 is 1.65 bits per heavy atom. The van der Waals surface area contributed by atoms with E-state index in [1.54, 1.807) is 6.07 Å². The average molecular weight is 461 g/mol. The molecule has 1 heterocycles. The number of benzene rings is 1. The molecule has 0 aliphatic rings. The molecule has 0 saturated heterocycles. The molecule has 90 valence electrons. The Morgan fingerprint density at radius 1 is 1.06 bits per heavy atom. The molecule has 1 unspecified atom stereocenters. The molecule has 0 spiro atoms. The molecule has 1 atom stereocenters. The predicted molar refractivity (Wildman–Crippen MR) is 82.9 cm³/mol. The zero-order valence-electron chi connectivity index (χ0n) is 8.25. The second-order valence-electron chi connectivity index (χ2n) is 3.38. The van der Waals surface area contributed by atoms with Crippen molar-refractivity contribution in [1.29, 1.82) is 0 Å². The van der Waals surface area contributed by atoms with E-state index in [1.807, 2.05) is 18.2 Å². The maximum absolute atomic E-state index is 10.3. The first kappa shape index (κ1) is 14.0. The van der Waals surface area contributed by atoms with Crippen LogP contribution in [0.25, 0.3) is 0 Å². The third-order valence-electron chi connectivity index (χ3n) is 2.13. The van der Waals surface area contributed by atoms with Crippen molar-refractivity contribution in [3.63, 3.8) is 0 Å². The number of rotatable bonds is 2. The Morgan fingerprint density at radius 3 is 2.12 bits per heavy atom. The lowest BCUT2D eigenvalue weighted by Crippen LogP contribution is -1.96. The maximum Gasteiger partial charge on any atom is 0.113 e. The Bertz CT molecular complexity index is 516. The van der Waals surface area contributed by atoms with Crippen LogP contribution in [0.1, 0.15) is 16.5 Å². The van der Waals surface area contributed by atoms with Gasteiger partial charge in [0, 0.05) is 13.8 Å². The molecule has 0 fully saturated rings. The van der Waals surface area contributed by atoms with Gasteiger partial charge in [0.25, 0.3) is 0 Å². The van der Waals surface area contributed by atoms with Crippen LogP contribution < -0.4 is 0 Å². The monoisotopic (exact) mass is 458 g/mol. The second kappa shape index (κ2) is 5.72. The van der Waals surface area contributed by atoms with Crippen molar-refractivity contribution in [2.75, 3.05) is 0 Å². The van der Waals surface area contributed by atoms with Crippen LogP contribution in [0.15, 0.2) is 37.0 Å². The minimum Gasteiger partial charge on any atom is -0.383 e. The fourth-order valence-corrected chi connectivity index (χ4v) is 4.49. The van der Waals surface area contributed by atoms with Gasteiger partial charge in [0.1, 0.15) is 6.10 Å². The smallest absolute Gasteiger partial charge is 0.113 e. The molecule has 1 N–H and O–H groups in total. The van der Waals surface area contributed by atoms with Gasteiger partial charge in [-0.25, -0.2) is 0 Å². The third kappa shape index (κ3) is 3.33. The molecule has 0 saturated carbocycles. The summed E-state index contributed by atoms with van der Waals surface area (Å²) >= 11 is 17.5. The van der Waals surface area contributed by atoms with Crippen molar-refractivity contribution in [2.45, 2.75) is 6.10 Å². The van der Waals surface area contributed by atoms with E-state index in [-0.39, 0.29) is 0 Å². The first-order valence-corrected chi connectivity index (χ1v) is 8.13. The Balaban J connectivity index is 2.39. The minimum atomic E-state index is -0.669. The van der Waals surface area contributed by atoms with Crippen LogP contribution in [0, 0.1) is 0 Å². The van der Waals surface area contributed by atoms with E-state index in [2.05, 4.69) is 47.8 Å². The summed E-state index contributed by atoms with van der Waals surface area (Å²) in [7, 11) is 0. The summed E-state index contributed by atoms with van der Waals surface area (Å²) in [5, 5.41) is 10.9. The van der Waals surface area contributed by atoms with Crippen molar-refractivity contribution in [2.24, 2.45) is 0 Å². The third-order valence-corrected chi connectivity index (χ3v) is 5.58. The molecule has 0 aliphatic carbocycles. The average Bonchev–Trinajstić information content (AvgIpc) is 2.57. The Hall–Kier alpha value is 0.610. The standard InChI is InChI=1S/C11H6Br3ClOS/c12-6-1-5(2-7(13)3-6)10(16)9-4-8(15)11(14)17-9/h1-4,10,16H. The molecule has 0 bridgehead atoms. The second-order valence-corrected chi connectivity index (χ2v) is 8.02. The molecular weight excluding hydrogens is 455 g/mol. The van der Waals surface area contributed by atoms with Gasteiger partial charge in [-0.15, -0.1) is 11.3 Å². The zero-order valence-corrected chi connectivity index (χ0v) is 14.6. The quantitative estimate of drug-likeness (QED) is 0.602. The van der Waals surface area contributed by atoms with Crippen molar-refractivity contribution < 1.29 is 5.11 Å². The number of aliphatic hydroxyl groups is 1. The summed E-state index contributed by atoms with van der Waals surface area (Å²) in [5.74, 6) is 0. The highest BCUT2D eigenvalue weighted by molar-refractivity contribution is 9.11. The first-order chi connectivity index (χ1) is 7.97. The number of hydrogen-bond donors (Lipinski definition) is 1. The topological polar surface area (TPSA) is 20.2 Å². The molecule has 0 aliphatic heterocycles. The normalized spacial score (nSPS) is 12.8. The molecule has 6 heteroatoms. The molecule has 17 heavy (non-hydrogen) atoms. The lowest BCUT2D eigenvalue weighted by Gasteiger charge is -2.09. The van der Waals surface area contributed by atoms with Gasteiger partial charge in [-0.05, 0) is 45.8 Å². The Labute approximate surface area is 133 Å². The van der Waals surface area contributed by atoms with Gasteiger partial charge in [-0.2, -0.15) is 0 Å². The van der Waals surface area contributed by atoms with E-state index in [1.165, 1.54) is 11.3 Å². The van der Waals surface area contributed by atoms with Gasteiger partial charge in [0.15, 0.2) is 0 Å². The van der Waals surface area contributed by atoms with Gasteiger partial charge in [-0.3, -0.25) is 0 Å². The summed E-state index contributed by atoms with van der Waals surface area (Å²) in [6.45, 7) is 0. The fourth-order valence-electron chi connectivity index (χ4n) is 1.40. The predicted octanol–water partition coefficient (Wildman–Crippen LogP) is 5.77. The fraction of sp³-hybridized carbons (Fsp3) is 0.0909. The van der Waals surface area contributed by atoms with Gasteiger partial charge in [-0.1, -0.05) is 43.5 Å². The van der Waals surface area contributed by atoms with Crippen LogP contribution in [0.4, 0.5) is 0 Å². The largest absolute Gasteiger partial charge is 0.383 e. The number of hydrogen-bond acceptors (Lipinski definition) is 2. The van der Waals surface area contributed by atoms with Crippen LogP contribution in [-0.4, -0.2) is 5.11 Å². The summed E-state index contributed by atoms with van der Waals surface area (Å²) in [6.07, 6.45) is -0.669. The van der Waals surface area contributed by atoms with Crippen molar-refractivity contribution in [3.05, 3.63) is 52.5 Å². The summed E-state index contributed by atoms with van der Waals surface area (Å²) in [6, 6.07) is 7.47. The Kier molecular flexibility index (Phi) is 4.72.